The SMILES string of the molecule is Cc1cc(C)cc(-n2ncc3c(NC[C@H]4CCCO4)ncnc32)c1. The van der Waals surface area contributed by atoms with Crippen molar-refractivity contribution in [3.8, 4) is 5.69 Å². The minimum absolute atomic E-state index is 0.268. The van der Waals surface area contributed by atoms with E-state index in [4.69, 9.17) is 4.74 Å². The molecular formula is C18H21N5O. The molecule has 0 aliphatic carbocycles. The Morgan fingerprint density at radius 1 is 1.21 bits per heavy atom. The van der Waals surface area contributed by atoms with E-state index in [2.05, 4.69) is 52.4 Å². The van der Waals surface area contributed by atoms with Gasteiger partial charge in [0.05, 0.1) is 23.4 Å². The van der Waals surface area contributed by atoms with Crippen molar-refractivity contribution in [3.05, 3.63) is 41.9 Å². The molecule has 1 atom stereocenters. The van der Waals surface area contributed by atoms with Gasteiger partial charge in [0.25, 0.3) is 0 Å². The lowest BCUT2D eigenvalue weighted by atomic mass is 10.1. The summed E-state index contributed by atoms with van der Waals surface area (Å²) in [5.41, 5.74) is 4.25. The van der Waals surface area contributed by atoms with Crippen molar-refractivity contribution in [1.82, 2.24) is 19.7 Å². The third-order valence-electron chi connectivity index (χ3n) is 4.34. The van der Waals surface area contributed by atoms with Gasteiger partial charge in [-0.25, -0.2) is 14.6 Å². The smallest absolute Gasteiger partial charge is 0.168 e. The predicted molar refractivity (Wildman–Crippen MR) is 93.6 cm³/mol. The second-order valence-electron chi connectivity index (χ2n) is 6.38. The Morgan fingerprint density at radius 2 is 2.04 bits per heavy atom. The van der Waals surface area contributed by atoms with Gasteiger partial charge in [0, 0.05) is 13.2 Å². The molecule has 4 rings (SSSR count). The maximum atomic E-state index is 5.66. The van der Waals surface area contributed by atoms with Crippen molar-refractivity contribution in [1.29, 1.82) is 0 Å². The molecule has 6 heteroatoms. The third-order valence-corrected chi connectivity index (χ3v) is 4.34. The largest absolute Gasteiger partial charge is 0.376 e. The summed E-state index contributed by atoms with van der Waals surface area (Å²) in [6.45, 7) is 5.80. The first-order valence-electron chi connectivity index (χ1n) is 8.33. The molecule has 6 nitrogen and oxygen atoms in total. The molecule has 1 fully saturated rings. The summed E-state index contributed by atoms with van der Waals surface area (Å²) in [5.74, 6) is 0.811. The molecule has 0 amide bonds. The molecule has 1 saturated heterocycles. The van der Waals surface area contributed by atoms with Crippen LogP contribution in [-0.2, 0) is 4.74 Å². The second-order valence-corrected chi connectivity index (χ2v) is 6.38. The standard InChI is InChI=1S/C18H21N5O/c1-12-6-13(2)8-14(7-12)23-18-16(10-22-23)17(20-11-21-18)19-9-15-4-3-5-24-15/h6-8,10-11,15H,3-5,9H2,1-2H3,(H,19,20,21)/t15-/m1/s1. The highest BCUT2D eigenvalue weighted by Gasteiger charge is 2.17. The first-order valence-corrected chi connectivity index (χ1v) is 8.33. The molecule has 3 aromatic rings. The van der Waals surface area contributed by atoms with Crippen LogP contribution in [0.5, 0.6) is 0 Å². The van der Waals surface area contributed by atoms with E-state index in [0.717, 1.165) is 48.5 Å². The normalized spacial score (nSPS) is 17.5. The van der Waals surface area contributed by atoms with E-state index < -0.39 is 0 Å². The van der Waals surface area contributed by atoms with Gasteiger partial charge in [-0.1, -0.05) is 6.07 Å². The second kappa shape index (κ2) is 6.20. The average Bonchev–Trinajstić information content (AvgIpc) is 3.21. The number of hydrogen-bond donors (Lipinski definition) is 1. The fourth-order valence-electron chi connectivity index (χ4n) is 3.26. The number of anilines is 1. The Labute approximate surface area is 140 Å². The average molecular weight is 323 g/mol. The fourth-order valence-corrected chi connectivity index (χ4v) is 3.26. The molecule has 1 aromatic carbocycles. The molecule has 0 unspecified atom stereocenters. The zero-order valence-electron chi connectivity index (χ0n) is 14.0. The summed E-state index contributed by atoms with van der Waals surface area (Å²) in [6.07, 6.45) is 5.91. The molecule has 24 heavy (non-hydrogen) atoms. The summed E-state index contributed by atoms with van der Waals surface area (Å²) < 4.78 is 7.53. The number of aryl methyl sites for hydroxylation is 2. The monoisotopic (exact) mass is 323 g/mol. The molecule has 3 heterocycles. The molecular weight excluding hydrogens is 302 g/mol. The Balaban J connectivity index is 1.67. The van der Waals surface area contributed by atoms with Crippen LogP contribution in [0, 0.1) is 13.8 Å². The van der Waals surface area contributed by atoms with Gasteiger partial charge in [-0.2, -0.15) is 5.10 Å². The molecule has 0 spiro atoms. The van der Waals surface area contributed by atoms with Gasteiger partial charge >= 0.3 is 0 Å². The van der Waals surface area contributed by atoms with Gasteiger partial charge in [0.2, 0.25) is 0 Å². The van der Waals surface area contributed by atoms with Crippen LogP contribution in [0.2, 0.25) is 0 Å². The molecule has 1 aliphatic rings. The molecule has 1 N–H and O–H groups in total. The zero-order chi connectivity index (χ0) is 16.5. The van der Waals surface area contributed by atoms with Crippen LogP contribution in [0.4, 0.5) is 5.82 Å². The maximum Gasteiger partial charge on any atom is 0.168 e. The van der Waals surface area contributed by atoms with Gasteiger partial charge in [-0.05, 0) is 49.9 Å². The highest BCUT2D eigenvalue weighted by atomic mass is 16.5. The van der Waals surface area contributed by atoms with Crippen LogP contribution >= 0.6 is 0 Å². The number of fused-ring (bicyclic) bond motifs is 1. The molecule has 1 aliphatic heterocycles. The minimum atomic E-state index is 0.268. The number of rotatable bonds is 4. The Bertz CT molecular complexity index is 847. The van der Waals surface area contributed by atoms with Crippen molar-refractivity contribution in [2.75, 3.05) is 18.5 Å². The van der Waals surface area contributed by atoms with Crippen molar-refractivity contribution < 1.29 is 4.74 Å². The lowest BCUT2D eigenvalue weighted by molar-refractivity contribution is 0.120. The molecule has 0 saturated carbocycles. The van der Waals surface area contributed by atoms with E-state index in [1.165, 1.54) is 11.1 Å². The third kappa shape index (κ3) is 2.85. The first-order chi connectivity index (χ1) is 11.7. The minimum Gasteiger partial charge on any atom is -0.376 e. The predicted octanol–water partition coefficient (Wildman–Crippen LogP) is 3.02. The highest BCUT2D eigenvalue weighted by Crippen LogP contribution is 2.23. The molecule has 124 valence electrons. The molecule has 0 bridgehead atoms. The maximum absolute atomic E-state index is 5.66. The Hall–Kier alpha value is -2.47. The van der Waals surface area contributed by atoms with Crippen LogP contribution < -0.4 is 5.32 Å². The van der Waals surface area contributed by atoms with Gasteiger partial charge in [-0.3, -0.25) is 0 Å². The van der Waals surface area contributed by atoms with Crippen LogP contribution in [0.1, 0.15) is 24.0 Å². The topological polar surface area (TPSA) is 64.9 Å². The van der Waals surface area contributed by atoms with E-state index in [1.807, 2.05) is 10.9 Å². The van der Waals surface area contributed by atoms with Crippen molar-refractivity contribution in [2.45, 2.75) is 32.8 Å². The van der Waals surface area contributed by atoms with Crippen LogP contribution in [0.15, 0.2) is 30.7 Å². The number of nitrogens with one attached hydrogen (secondary N) is 1. The number of nitrogens with zero attached hydrogens (tertiary/aromatic N) is 4. The molecule has 0 radical (unpaired) electrons. The van der Waals surface area contributed by atoms with Crippen LogP contribution in [0.3, 0.4) is 0 Å². The highest BCUT2D eigenvalue weighted by molar-refractivity contribution is 5.87. The van der Waals surface area contributed by atoms with Crippen LogP contribution in [0.25, 0.3) is 16.7 Å². The summed E-state index contributed by atoms with van der Waals surface area (Å²) in [7, 11) is 0. The number of hydrogen-bond acceptors (Lipinski definition) is 5. The summed E-state index contributed by atoms with van der Waals surface area (Å²) >= 11 is 0. The zero-order valence-corrected chi connectivity index (χ0v) is 14.0. The van der Waals surface area contributed by atoms with Crippen LogP contribution in [-0.4, -0.2) is 39.0 Å². The quantitative estimate of drug-likeness (QED) is 0.799. The molecule has 2 aromatic heterocycles. The van der Waals surface area contributed by atoms with Crippen molar-refractivity contribution in [2.24, 2.45) is 0 Å². The fraction of sp³-hybridized carbons (Fsp3) is 0.389. The number of aromatic nitrogens is 4. The van der Waals surface area contributed by atoms with E-state index in [0.29, 0.717) is 0 Å². The first kappa shape index (κ1) is 15.1. The van der Waals surface area contributed by atoms with E-state index in [9.17, 15) is 0 Å². The van der Waals surface area contributed by atoms with Gasteiger partial charge in [-0.15, -0.1) is 0 Å². The summed E-state index contributed by atoms with van der Waals surface area (Å²) in [6, 6.07) is 6.38. The lowest BCUT2D eigenvalue weighted by Crippen LogP contribution is -2.19. The number of ether oxygens (including phenoxy) is 1. The van der Waals surface area contributed by atoms with E-state index in [-0.39, 0.29) is 6.10 Å². The van der Waals surface area contributed by atoms with E-state index in [1.54, 1.807) is 6.33 Å². The van der Waals surface area contributed by atoms with Crippen molar-refractivity contribution in [3.63, 3.8) is 0 Å². The van der Waals surface area contributed by atoms with Gasteiger partial charge < -0.3 is 10.1 Å². The van der Waals surface area contributed by atoms with Crippen molar-refractivity contribution >= 4 is 16.9 Å². The van der Waals surface area contributed by atoms with Gasteiger partial charge in [0.15, 0.2) is 5.65 Å². The summed E-state index contributed by atoms with van der Waals surface area (Å²) in [5, 5.41) is 8.84. The summed E-state index contributed by atoms with van der Waals surface area (Å²) in [4.78, 5) is 8.81. The van der Waals surface area contributed by atoms with Gasteiger partial charge in [0.1, 0.15) is 12.1 Å². The number of benzene rings is 1. The van der Waals surface area contributed by atoms with E-state index >= 15 is 0 Å². The lowest BCUT2D eigenvalue weighted by Gasteiger charge is -2.11. The Kier molecular flexibility index (Phi) is 3.90. The Morgan fingerprint density at radius 3 is 2.79 bits per heavy atom.